The van der Waals surface area contributed by atoms with Crippen LogP contribution in [0, 0.1) is 0 Å². The molecule has 2 heterocycles. The van der Waals surface area contributed by atoms with Crippen molar-refractivity contribution in [2.45, 2.75) is 36.9 Å². The molecule has 0 aromatic heterocycles. The van der Waals surface area contributed by atoms with Gasteiger partial charge in [0.15, 0.2) is 0 Å². The molecule has 2 aromatic rings. The van der Waals surface area contributed by atoms with Crippen molar-refractivity contribution in [3.63, 3.8) is 0 Å². The van der Waals surface area contributed by atoms with Crippen LogP contribution >= 0.6 is 11.8 Å². The summed E-state index contributed by atoms with van der Waals surface area (Å²) in [5.74, 6) is -0.176. The Balaban J connectivity index is 1.65. The zero-order valence-electron chi connectivity index (χ0n) is 17.2. The highest BCUT2D eigenvalue weighted by Crippen LogP contribution is 2.56. The average molecular weight is 426 g/mol. The molecular formula is C22H23N3O4S. The van der Waals surface area contributed by atoms with Gasteiger partial charge in [0, 0.05) is 22.9 Å². The summed E-state index contributed by atoms with van der Waals surface area (Å²) in [5, 5.41) is 5.42. The Bertz CT molecular complexity index is 1050. The summed E-state index contributed by atoms with van der Waals surface area (Å²) in [5.41, 5.74) is 2.57. The average Bonchev–Trinajstić information content (AvgIpc) is 3.11. The van der Waals surface area contributed by atoms with Crippen LogP contribution in [0.25, 0.3) is 0 Å². The summed E-state index contributed by atoms with van der Waals surface area (Å²) in [6, 6.07) is 11.8. The summed E-state index contributed by atoms with van der Waals surface area (Å²) in [4.78, 5) is 39.6. The molecule has 0 bridgehead atoms. The Morgan fingerprint density at radius 3 is 2.57 bits per heavy atom. The van der Waals surface area contributed by atoms with Gasteiger partial charge in [0.2, 0.25) is 11.8 Å². The van der Waals surface area contributed by atoms with Gasteiger partial charge in [0.25, 0.3) is 5.91 Å². The minimum Gasteiger partial charge on any atom is -0.495 e. The quantitative estimate of drug-likeness (QED) is 0.781. The van der Waals surface area contributed by atoms with Crippen molar-refractivity contribution in [2.75, 3.05) is 17.7 Å². The number of nitrogens with one attached hydrogen (secondary N) is 2. The molecule has 7 nitrogen and oxygen atoms in total. The fraction of sp³-hybridized carbons (Fsp3) is 0.318. The molecule has 4 rings (SSSR count). The number of hydrogen-bond acceptors (Lipinski definition) is 5. The first kappa shape index (κ1) is 20.3. The van der Waals surface area contributed by atoms with Gasteiger partial charge in [-0.3, -0.25) is 14.4 Å². The summed E-state index contributed by atoms with van der Waals surface area (Å²) >= 11 is 1.61. The smallest absolute Gasteiger partial charge is 0.256 e. The summed E-state index contributed by atoms with van der Waals surface area (Å²) in [6.07, 6.45) is 0. The van der Waals surface area contributed by atoms with E-state index in [-0.39, 0.29) is 23.1 Å². The second-order valence-corrected chi connectivity index (χ2v) is 9.60. The molecule has 2 aliphatic rings. The Kier molecular flexibility index (Phi) is 4.97. The van der Waals surface area contributed by atoms with Crippen LogP contribution in [0.4, 0.5) is 11.4 Å². The number of ether oxygens (including phenoxy) is 1. The minimum absolute atomic E-state index is 0.132. The van der Waals surface area contributed by atoms with Gasteiger partial charge < -0.3 is 20.3 Å². The lowest BCUT2D eigenvalue weighted by atomic mass is 10.0. The fourth-order valence-electron chi connectivity index (χ4n) is 4.09. The van der Waals surface area contributed by atoms with E-state index in [9.17, 15) is 14.4 Å². The molecule has 0 spiro atoms. The number of thioether (sulfide) groups is 1. The van der Waals surface area contributed by atoms with Gasteiger partial charge in [0.05, 0.1) is 12.8 Å². The van der Waals surface area contributed by atoms with Crippen LogP contribution in [0.2, 0.25) is 0 Å². The van der Waals surface area contributed by atoms with Crippen molar-refractivity contribution < 1.29 is 19.1 Å². The second kappa shape index (κ2) is 7.36. The van der Waals surface area contributed by atoms with Crippen molar-refractivity contribution in [2.24, 2.45) is 0 Å². The Hall–Kier alpha value is -3.00. The summed E-state index contributed by atoms with van der Waals surface area (Å²) < 4.78 is 4.88. The number of benzene rings is 2. The Labute approximate surface area is 179 Å². The van der Waals surface area contributed by atoms with Crippen molar-refractivity contribution in [1.29, 1.82) is 0 Å². The van der Waals surface area contributed by atoms with Crippen LogP contribution < -0.4 is 15.4 Å². The van der Waals surface area contributed by atoms with Gasteiger partial charge in [-0.2, -0.15) is 0 Å². The highest BCUT2D eigenvalue weighted by molar-refractivity contribution is 8.01. The monoisotopic (exact) mass is 425 g/mol. The topological polar surface area (TPSA) is 87.7 Å². The van der Waals surface area contributed by atoms with Crippen LogP contribution in [-0.4, -0.2) is 40.5 Å². The molecule has 1 fully saturated rings. The van der Waals surface area contributed by atoms with E-state index in [1.165, 1.54) is 14.0 Å². The van der Waals surface area contributed by atoms with E-state index in [1.807, 2.05) is 32.0 Å². The maximum absolute atomic E-state index is 13.4. The molecule has 2 N–H and O–H groups in total. The molecule has 1 saturated heterocycles. The molecule has 2 aliphatic heterocycles. The number of rotatable bonds is 4. The van der Waals surface area contributed by atoms with Gasteiger partial charge in [-0.15, -0.1) is 11.8 Å². The van der Waals surface area contributed by atoms with Crippen LogP contribution in [0.3, 0.4) is 0 Å². The molecule has 0 unspecified atom stereocenters. The van der Waals surface area contributed by atoms with Crippen LogP contribution in [0.1, 0.15) is 42.1 Å². The van der Waals surface area contributed by atoms with Crippen molar-refractivity contribution >= 4 is 40.9 Å². The van der Waals surface area contributed by atoms with Gasteiger partial charge in [-0.05, 0) is 43.7 Å². The summed E-state index contributed by atoms with van der Waals surface area (Å²) in [7, 11) is 1.51. The third-order valence-corrected chi connectivity index (χ3v) is 6.86. The second-order valence-electron chi connectivity index (χ2n) is 7.86. The van der Waals surface area contributed by atoms with Gasteiger partial charge in [-0.25, -0.2) is 0 Å². The highest BCUT2D eigenvalue weighted by atomic mass is 32.2. The minimum atomic E-state index is -0.665. The first-order chi connectivity index (χ1) is 14.2. The van der Waals surface area contributed by atoms with E-state index >= 15 is 0 Å². The molecule has 8 heteroatoms. The fourth-order valence-corrected chi connectivity index (χ4v) is 5.68. The molecule has 30 heavy (non-hydrogen) atoms. The van der Waals surface area contributed by atoms with E-state index in [1.54, 1.807) is 40.9 Å². The molecule has 0 saturated carbocycles. The number of carbonyl (C=O) groups excluding carboxylic acids is 3. The number of methoxy groups -OCH3 is 1. The van der Waals surface area contributed by atoms with E-state index in [2.05, 4.69) is 10.6 Å². The molecule has 2 aromatic carbocycles. The van der Waals surface area contributed by atoms with Gasteiger partial charge in [0.1, 0.15) is 17.2 Å². The predicted molar refractivity (Wildman–Crippen MR) is 117 cm³/mol. The number of anilines is 2. The standard InChI is InChI=1S/C22H23N3O4S/c1-12(26)23-13-9-10-17(29-4)16(11-13)24-19(27)18-22(2,3)30-21-15-8-6-5-7-14(15)20(28)25(18)21/h5-11,18,21H,1-4H3,(H,23,26)(H,24,27)/t18-,21+/m0/s1. The van der Waals surface area contributed by atoms with E-state index < -0.39 is 10.8 Å². The highest BCUT2D eigenvalue weighted by Gasteiger charge is 2.57. The van der Waals surface area contributed by atoms with Crippen LogP contribution in [0.5, 0.6) is 5.75 Å². The SMILES string of the molecule is COc1ccc(NC(C)=O)cc1NC(=O)[C@@H]1N2C(=O)c3ccccc3[C@H]2SC1(C)C. The number of carbonyl (C=O) groups is 3. The number of hydrogen-bond donors (Lipinski definition) is 2. The number of amides is 3. The molecule has 0 aliphatic carbocycles. The zero-order valence-corrected chi connectivity index (χ0v) is 18.0. The first-order valence-corrected chi connectivity index (χ1v) is 10.5. The number of nitrogens with zero attached hydrogens (tertiary/aromatic N) is 1. The maximum atomic E-state index is 13.4. The first-order valence-electron chi connectivity index (χ1n) is 9.59. The lowest BCUT2D eigenvalue weighted by molar-refractivity contribution is -0.121. The molecule has 156 valence electrons. The maximum Gasteiger partial charge on any atom is 0.256 e. The van der Waals surface area contributed by atoms with Crippen LogP contribution in [-0.2, 0) is 9.59 Å². The van der Waals surface area contributed by atoms with Crippen molar-refractivity contribution in [1.82, 2.24) is 4.90 Å². The molecule has 0 radical (unpaired) electrons. The van der Waals surface area contributed by atoms with Crippen molar-refractivity contribution in [3.05, 3.63) is 53.6 Å². The van der Waals surface area contributed by atoms with E-state index in [0.29, 0.717) is 22.7 Å². The number of fused-ring (bicyclic) bond motifs is 3. The predicted octanol–water partition coefficient (Wildman–Crippen LogP) is 3.64. The van der Waals surface area contributed by atoms with Gasteiger partial charge >= 0.3 is 0 Å². The lowest BCUT2D eigenvalue weighted by Gasteiger charge is -2.29. The molecular weight excluding hydrogens is 402 g/mol. The lowest BCUT2D eigenvalue weighted by Crippen LogP contribution is -2.50. The normalized spacial score (nSPS) is 21.1. The summed E-state index contributed by atoms with van der Waals surface area (Å²) in [6.45, 7) is 5.36. The zero-order chi connectivity index (χ0) is 21.6. The van der Waals surface area contributed by atoms with E-state index in [4.69, 9.17) is 4.74 Å². The van der Waals surface area contributed by atoms with Crippen molar-refractivity contribution in [3.8, 4) is 5.75 Å². The largest absolute Gasteiger partial charge is 0.495 e. The van der Waals surface area contributed by atoms with E-state index in [0.717, 1.165) is 5.56 Å². The van der Waals surface area contributed by atoms with Gasteiger partial charge in [-0.1, -0.05) is 18.2 Å². The Morgan fingerprint density at radius 1 is 1.13 bits per heavy atom. The molecule has 2 atom stereocenters. The van der Waals surface area contributed by atoms with Crippen LogP contribution in [0.15, 0.2) is 42.5 Å². The Morgan fingerprint density at radius 2 is 1.87 bits per heavy atom. The third-order valence-electron chi connectivity index (χ3n) is 5.32. The third kappa shape index (κ3) is 3.31. The molecule has 3 amide bonds.